The number of rotatable bonds is 85. The van der Waals surface area contributed by atoms with E-state index in [4.69, 9.17) is 114 Å². The van der Waals surface area contributed by atoms with Crippen molar-refractivity contribution in [1.82, 2.24) is 0 Å². The van der Waals surface area contributed by atoms with Crippen LogP contribution in [0.3, 0.4) is 0 Å². The van der Waals surface area contributed by atoms with Crippen LogP contribution < -0.4 is 4.90 Å². The minimum absolute atomic E-state index is 0.0743. The normalized spacial score (nSPS) is 16.2. The second kappa shape index (κ2) is 71.9. The van der Waals surface area contributed by atoms with Crippen LogP contribution in [-0.4, -0.2) is 387 Å². The molecule has 0 bridgehead atoms. The van der Waals surface area contributed by atoms with Gasteiger partial charge in [0.2, 0.25) is 0 Å². The highest BCUT2D eigenvalue weighted by Gasteiger charge is 2.20. The van der Waals surface area contributed by atoms with E-state index in [1.165, 1.54) is 44.3 Å². The number of aryl methyl sites for hydroxylation is 1. The van der Waals surface area contributed by atoms with Gasteiger partial charge in [-0.1, -0.05) is 38.8 Å². The summed E-state index contributed by atoms with van der Waals surface area (Å²) < 4.78 is 144. The van der Waals surface area contributed by atoms with Crippen molar-refractivity contribution >= 4 is 5.69 Å². The molecule has 1 rings (SSSR count). The summed E-state index contributed by atoms with van der Waals surface area (Å²) in [5.41, 5.74) is 2.31. The fourth-order valence-corrected chi connectivity index (χ4v) is 10.5. The van der Waals surface area contributed by atoms with Crippen LogP contribution in [0.1, 0.15) is 142 Å². The summed E-state index contributed by atoms with van der Waals surface area (Å²) in [4.78, 5) is 2.29. The Balaban J connectivity index is 2.12. The number of ether oxygens (including phenoxy) is 24. The number of anilines is 1. The number of nitrogens with zero attached hydrogens (tertiary/aromatic N) is 3. The van der Waals surface area contributed by atoms with Crippen molar-refractivity contribution in [2.75, 3.05) is 297 Å². The zero-order valence-corrected chi connectivity index (χ0v) is 74.6. The topological polar surface area (TPSA) is 225 Å². The van der Waals surface area contributed by atoms with Gasteiger partial charge < -0.3 is 128 Å². The predicted octanol–water partition coefficient (Wildman–Crippen LogP) is 10.4. The van der Waals surface area contributed by atoms with Gasteiger partial charge in [-0.15, -0.1) is 0 Å². The van der Waals surface area contributed by atoms with Crippen LogP contribution in [0, 0.1) is 6.92 Å². The van der Waals surface area contributed by atoms with Crippen molar-refractivity contribution in [3.8, 4) is 0 Å². The Kier molecular flexibility index (Phi) is 69.3. The summed E-state index contributed by atoms with van der Waals surface area (Å²) in [6.07, 6.45) is 3.45. The Morgan fingerprint density at radius 3 is 0.696 bits per heavy atom. The number of likely N-dealkylation sites (N-methyl/N-ethyl adjacent to an activating group) is 2. The van der Waals surface area contributed by atoms with E-state index in [1.807, 2.05) is 96.9 Å². The van der Waals surface area contributed by atoms with Gasteiger partial charge in [0.25, 0.3) is 0 Å². The van der Waals surface area contributed by atoms with E-state index in [0.717, 1.165) is 41.0 Å². The van der Waals surface area contributed by atoms with Crippen LogP contribution in [0.25, 0.3) is 0 Å². The summed E-state index contributed by atoms with van der Waals surface area (Å²) in [6, 6.07) is 8.50. The standard InChI is InChI=1S/C85H169N3O24/c1-22-24-31-87(18,19)33-37-89-39-41-91-43-45-93-47-49-95-51-53-99-73(6)58-103-77(10)62-107-81(14)66-111-83(16)68-109-79(12)64-105-75(8)60-101-71(4)56-97-35-29-86(85-28-26-27-70(3)55-85)30-36-98-57-72(5)102-61-76(9)106-65-80(13)110-69-84(17)112-67-82(15)108-63-78(11)104-59-74(7)100-54-52-96-50-48-94-46-44-92-42-40-90-38-34-88(20,21)32-25-23-2/h26-28,55,71-84H,22-25,29-54,56-69H2,1-21H3/q+2. The Bertz CT molecular complexity index is 2070. The fourth-order valence-electron chi connectivity index (χ4n) is 10.5. The van der Waals surface area contributed by atoms with E-state index >= 15 is 0 Å². The van der Waals surface area contributed by atoms with E-state index in [-0.39, 0.29) is 85.5 Å². The molecule has 0 saturated carbocycles. The first-order valence-corrected chi connectivity index (χ1v) is 42.6. The van der Waals surface area contributed by atoms with Gasteiger partial charge in [0.05, 0.1) is 351 Å². The third-order valence-corrected chi connectivity index (χ3v) is 17.9. The minimum Gasteiger partial charge on any atom is -0.377 e. The van der Waals surface area contributed by atoms with Gasteiger partial charge in [-0.2, -0.15) is 0 Å². The Morgan fingerprint density at radius 2 is 0.464 bits per heavy atom. The van der Waals surface area contributed by atoms with Crippen molar-refractivity contribution in [1.29, 1.82) is 0 Å². The molecule has 14 atom stereocenters. The molecule has 14 unspecified atom stereocenters. The minimum atomic E-state index is -0.118. The second-order valence-corrected chi connectivity index (χ2v) is 31.4. The average Bonchev–Trinajstić information content (AvgIpc) is 0.882. The highest BCUT2D eigenvalue weighted by Crippen LogP contribution is 2.17. The zero-order chi connectivity index (χ0) is 82.7. The fraction of sp³-hybridized carbons (Fsp3) is 0.929. The lowest BCUT2D eigenvalue weighted by Crippen LogP contribution is -2.43. The van der Waals surface area contributed by atoms with E-state index in [9.17, 15) is 0 Å². The SMILES string of the molecule is CCCC[N+](C)(C)CCOCCOCCOCCOCCOC(C)COC(C)COC(C)COC(C)COC(C)COC(C)COC(C)COCCN(CCOCC(C)OCC(C)OCC(C)OCC(C)OCC(C)OCC(C)OCC(C)OCCOCCOCCOCCOCC[N+](C)(C)CCCC)c1cccc(C)c1. The lowest BCUT2D eigenvalue weighted by Gasteiger charge is -2.29. The van der Waals surface area contributed by atoms with Crippen molar-refractivity contribution in [2.24, 2.45) is 0 Å². The second-order valence-electron chi connectivity index (χ2n) is 31.4. The third-order valence-electron chi connectivity index (χ3n) is 17.9. The van der Waals surface area contributed by atoms with Crippen LogP contribution in [0.2, 0.25) is 0 Å². The molecule has 0 aliphatic heterocycles. The van der Waals surface area contributed by atoms with Crippen molar-refractivity contribution < 1.29 is 123 Å². The van der Waals surface area contributed by atoms with E-state index < -0.39 is 0 Å². The first kappa shape index (κ1) is 108. The third kappa shape index (κ3) is 68.8. The summed E-state index contributed by atoms with van der Waals surface area (Å²) in [5.74, 6) is 0. The molecule has 0 aliphatic carbocycles. The molecular weight excluding hydrogens is 1450 g/mol. The number of unbranched alkanes of at least 4 members (excludes halogenated alkanes) is 2. The molecular formula is C85H169N3O24+2. The molecule has 27 nitrogen and oxygen atoms in total. The van der Waals surface area contributed by atoms with Gasteiger partial charge in [-0.05, 0) is 134 Å². The van der Waals surface area contributed by atoms with Gasteiger partial charge in [0.1, 0.15) is 13.1 Å². The summed E-state index contributed by atoms with van der Waals surface area (Å²) in [7, 11) is 9.02. The zero-order valence-electron chi connectivity index (χ0n) is 74.6. The van der Waals surface area contributed by atoms with Crippen molar-refractivity contribution in [2.45, 2.75) is 229 Å². The van der Waals surface area contributed by atoms with Gasteiger partial charge in [-0.25, -0.2) is 0 Å². The molecule has 0 amide bonds. The molecule has 27 heteroatoms. The first-order valence-electron chi connectivity index (χ1n) is 42.6. The Labute approximate surface area is 681 Å². The molecule has 0 N–H and O–H groups in total. The quantitative estimate of drug-likeness (QED) is 0.0436. The van der Waals surface area contributed by atoms with Crippen LogP contribution >= 0.6 is 0 Å². The summed E-state index contributed by atoms with van der Waals surface area (Å²) >= 11 is 0. The molecule has 0 aromatic heterocycles. The van der Waals surface area contributed by atoms with E-state index in [0.29, 0.717) is 225 Å². The van der Waals surface area contributed by atoms with Crippen LogP contribution in [0.5, 0.6) is 0 Å². The highest BCUT2D eigenvalue weighted by molar-refractivity contribution is 5.48. The summed E-state index contributed by atoms with van der Waals surface area (Å²) in [5, 5.41) is 0. The Morgan fingerprint density at radius 1 is 0.250 bits per heavy atom. The van der Waals surface area contributed by atoms with Crippen LogP contribution in [0.4, 0.5) is 5.69 Å². The molecule has 0 heterocycles. The monoisotopic (exact) mass is 1620 g/mol. The lowest BCUT2D eigenvalue weighted by molar-refractivity contribution is -0.890. The van der Waals surface area contributed by atoms with Gasteiger partial charge in [0, 0.05) is 18.8 Å². The van der Waals surface area contributed by atoms with Crippen LogP contribution in [0.15, 0.2) is 24.3 Å². The molecule has 666 valence electrons. The largest absolute Gasteiger partial charge is 0.377 e. The van der Waals surface area contributed by atoms with Crippen LogP contribution in [-0.2, 0) is 114 Å². The molecule has 0 aliphatic rings. The molecule has 0 spiro atoms. The number of hydrogen-bond donors (Lipinski definition) is 0. The molecule has 112 heavy (non-hydrogen) atoms. The summed E-state index contributed by atoms with van der Waals surface area (Å²) in [6.45, 7) is 57.6. The Hall–Kier alpha value is -2.02. The lowest BCUT2D eigenvalue weighted by atomic mass is 10.2. The van der Waals surface area contributed by atoms with Gasteiger partial charge in [-0.3, -0.25) is 0 Å². The average molecular weight is 1620 g/mol. The number of quaternary nitrogens is 2. The smallest absolute Gasteiger partial charge is 0.102 e. The predicted molar refractivity (Wildman–Crippen MR) is 441 cm³/mol. The van der Waals surface area contributed by atoms with Gasteiger partial charge in [0.15, 0.2) is 0 Å². The maximum atomic E-state index is 6.14. The highest BCUT2D eigenvalue weighted by atomic mass is 16.6. The molecule has 1 aromatic rings. The van der Waals surface area contributed by atoms with E-state index in [1.54, 1.807) is 0 Å². The first-order chi connectivity index (χ1) is 53.7. The maximum absolute atomic E-state index is 6.14. The number of hydrogen-bond acceptors (Lipinski definition) is 25. The van der Waals surface area contributed by atoms with Gasteiger partial charge >= 0.3 is 0 Å². The number of benzene rings is 1. The maximum Gasteiger partial charge on any atom is 0.102 e. The van der Waals surface area contributed by atoms with Crippen molar-refractivity contribution in [3.05, 3.63) is 29.8 Å². The molecule has 1 aromatic carbocycles. The van der Waals surface area contributed by atoms with Crippen molar-refractivity contribution in [3.63, 3.8) is 0 Å². The molecule has 0 radical (unpaired) electrons. The van der Waals surface area contributed by atoms with E-state index in [2.05, 4.69) is 78.1 Å². The molecule has 0 saturated heterocycles. The molecule has 0 fully saturated rings.